The highest BCUT2D eigenvalue weighted by molar-refractivity contribution is 7.99. The maximum Gasteiger partial charge on any atom is 0.193 e. The minimum Gasteiger partial charge on any atom is -0.496 e. The lowest BCUT2D eigenvalue weighted by atomic mass is 10.0. The SMILES string of the molecule is COc1cc(C(=O)c2ccccc2)ccc1Sc1c(C)cccc1C. The fourth-order valence-corrected chi connectivity index (χ4v) is 3.78. The van der Waals surface area contributed by atoms with Crippen LogP contribution in [0.15, 0.2) is 76.5 Å². The van der Waals surface area contributed by atoms with Gasteiger partial charge in [-0.15, -0.1) is 0 Å². The lowest BCUT2D eigenvalue weighted by Gasteiger charge is -2.13. The molecular weight excluding hydrogens is 328 g/mol. The number of ketones is 1. The molecule has 3 aromatic carbocycles. The maximum atomic E-state index is 12.6. The molecule has 0 saturated carbocycles. The average Bonchev–Trinajstić information content (AvgIpc) is 2.65. The van der Waals surface area contributed by atoms with Crippen LogP contribution >= 0.6 is 11.8 Å². The molecule has 0 aliphatic rings. The molecule has 0 atom stereocenters. The second-order valence-corrected chi connectivity index (χ2v) is 6.94. The Labute approximate surface area is 152 Å². The van der Waals surface area contributed by atoms with E-state index in [4.69, 9.17) is 4.74 Å². The Morgan fingerprint density at radius 1 is 0.840 bits per heavy atom. The van der Waals surface area contributed by atoms with E-state index in [1.54, 1.807) is 18.9 Å². The van der Waals surface area contributed by atoms with Crippen molar-refractivity contribution < 1.29 is 9.53 Å². The molecule has 0 aromatic heterocycles. The molecule has 126 valence electrons. The normalized spacial score (nSPS) is 10.5. The van der Waals surface area contributed by atoms with Gasteiger partial charge in [-0.1, -0.05) is 60.3 Å². The first kappa shape index (κ1) is 17.3. The van der Waals surface area contributed by atoms with Crippen LogP contribution in [0.2, 0.25) is 0 Å². The number of aryl methyl sites for hydroxylation is 2. The van der Waals surface area contributed by atoms with Gasteiger partial charge in [-0.25, -0.2) is 0 Å². The molecule has 0 aliphatic heterocycles. The van der Waals surface area contributed by atoms with Crippen molar-refractivity contribution in [3.05, 3.63) is 89.0 Å². The highest BCUT2D eigenvalue weighted by Crippen LogP contribution is 2.38. The summed E-state index contributed by atoms with van der Waals surface area (Å²) in [6.07, 6.45) is 0. The standard InChI is InChI=1S/C22H20O2S/c1-15-8-7-9-16(2)22(15)25-20-13-12-18(14-19(20)24-3)21(23)17-10-5-4-6-11-17/h4-14H,1-3H3. The van der Waals surface area contributed by atoms with Crippen molar-refractivity contribution in [2.45, 2.75) is 23.6 Å². The number of ether oxygens (including phenoxy) is 1. The van der Waals surface area contributed by atoms with Crippen LogP contribution in [0.25, 0.3) is 0 Å². The van der Waals surface area contributed by atoms with Gasteiger partial charge in [0.15, 0.2) is 5.78 Å². The lowest BCUT2D eigenvalue weighted by Crippen LogP contribution is -2.01. The monoisotopic (exact) mass is 348 g/mol. The van der Waals surface area contributed by atoms with Crippen LogP contribution in [0.4, 0.5) is 0 Å². The quantitative estimate of drug-likeness (QED) is 0.554. The van der Waals surface area contributed by atoms with Crippen LogP contribution in [0.3, 0.4) is 0 Å². The van der Waals surface area contributed by atoms with Crippen molar-refractivity contribution in [3.8, 4) is 5.75 Å². The largest absolute Gasteiger partial charge is 0.496 e. The number of hydrogen-bond acceptors (Lipinski definition) is 3. The molecule has 0 aliphatic carbocycles. The van der Waals surface area contributed by atoms with Gasteiger partial charge in [0.25, 0.3) is 0 Å². The molecule has 2 nitrogen and oxygen atoms in total. The number of rotatable bonds is 5. The third-order valence-corrected chi connectivity index (χ3v) is 5.49. The van der Waals surface area contributed by atoms with Gasteiger partial charge in [0, 0.05) is 16.0 Å². The predicted octanol–water partition coefficient (Wildman–Crippen LogP) is 5.69. The van der Waals surface area contributed by atoms with Gasteiger partial charge in [-0.2, -0.15) is 0 Å². The molecule has 0 saturated heterocycles. The number of carbonyl (C=O) groups excluding carboxylic acids is 1. The summed E-state index contributed by atoms with van der Waals surface area (Å²) in [6.45, 7) is 4.21. The zero-order chi connectivity index (χ0) is 17.8. The van der Waals surface area contributed by atoms with Gasteiger partial charge in [0.05, 0.1) is 12.0 Å². The summed E-state index contributed by atoms with van der Waals surface area (Å²) in [5, 5.41) is 0. The van der Waals surface area contributed by atoms with E-state index in [2.05, 4.69) is 32.0 Å². The van der Waals surface area contributed by atoms with Crippen molar-refractivity contribution in [2.24, 2.45) is 0 Å². The number of methoxy groups -OCH3 is 1. The van der Waals surface area contributed by atoms with E-state index in [0.29, 0.717) is 11.1 Å². The van der Waals surface area contributed by atoms with Crippen LogP contribution in [0.5, 0.6) is 5.75 Å². The maximum absolute atomic E-state index is 12.6. The molecule has 3 rings (SSSR count). The molecule has 0 heterocycles. The number of hydrogen-bond donors (Lipinski definition) is 0. The Balaban J connectivity index is 1.94. The minimum absolute atomic E-state index is 0.00234. The summed E-state index contributed by atoms with van der Waals surface area (Å²) in [5.41, 5.74) is 3.78. The average molecular weight is 348 g/mol. The van der Waals surface area contributed by atoms with E-state index in [9.17, 15) is 4.79 Å². The van der Waals surface area contributed by atoms with Gasteiger partial charge in [0.2, 0.25) is 0 Å². The Morgan fingerprint density at radius 3 is 2.16 bits per heavy atom. The Morgan fingerprint density at radius 2 is 1.52 bits per heavy atom. The highest BCUT2D eigenvalue weighted by atomic mass is 32.2. The number of carbonyl (C=O) groups is 1. The Kier molecular flexibility index (Phi) is 5.25. The zero-order valence-corrected chi connectivity index (χ0v) is 15.4. The van der Waals surface area contributed by atoms with Gasteiger partial charge in [-0.3, -0.25) is 4.79 Å². The van der Waals surface area contributed by atoms with Crippen LogP contribution in [-0.2, 0) is 0 Å². The van der Waals surface area contributed by atoms with E-state index >= 15 is 0 Å². The molecule has 0 radical (unpaired) electrons. The molecule has 0 fully saturated rings. The molecule has 0 unspecified atom stereocenters. The molecule has 3 aromatic rings. The zero-order valence-electron chi connectivity index (χ0n) is 14.6. The topological polar surface area (TPSA) is 26.3 Å². The lowest BCUT2D eigenvalue weighted by molar-refractivity contribution is 0.103. The van der Waals surface area contributed by atoms with E-state index in [0.717, 1.165) is 10.6 Å². The molecule has 0 amide bonds. The van der Waals surface area contributed by atoms with Crippen LogP contribution in [-0.4, -0.2) is 12.9 Å². The molecule has 3 heteroatoms. The second kappa shape index (κ2) is 7.58. The van der Waals surface area contributed by atoms with E-state index in [-0.39, 0.29) is 5.78 Å². The van der Waals surface area contributed by atoms with Crippen molar-refractivity contribution in [1.29, 1.82) is 0 Å². The summed E-state index contributed by atoms with van der Waals surface area (Å²) in [5.74, 6) is 0.719. The van der Waals surface area contributed by atoms with Crippen LogP contribution in [0.1, 0.15) is 27.0 Å². The summed E-state index contributed by atoms with van der Waals surface area (Å²) < 4.78 is 5.55. The summed E-state index contributed by atoms with van der Waals surface area (Å²) in [7, 11) is 1.64. The molecule has 0 spiro atoms. The molecule has 0 N–H and O–H groups in total. The van der Waals surface area contributed by atoms with Gasteiger partial charge < -0.3 is 4.74 Å². The fourth-order valence-electron chi connectivity index (χ4n) is 2.72. The summed E-state index contributed by atoms with van der Waals surface area (Å²) in [4.78, 5) is 14.9. The van der Waals surface area contributed by atoms with Crippen LogP contribution in [0, 0.1) is 13.8 Å². The molecular formula is C22H20O2S. The second-order valence-electron chi connectivity index (χ2n) is 5.88. The predicted molar refractivity (Wildman–Crippen MR) is 103 cm³/mol. The first-order chi connectivity index (χ1) is 12.1. The first-order valence-electron chi connectivity index (χ1n) is 8.12. The number of benzene rings is 3. The molecule has 0 bridgehead atoms. The minimum atomic E-state index is 0.00234. The van der Waals surface area contributed by atoms with Crippen molar-refractivity contribution >= 4 is 17.5 Å². The van der Waals surface area contributed by atoms with Crippen molar-refractivity contribution in [3.63, 3.8) is 0 Å². The van der Waals surface area contributed by atoms with E-state index in [1.807, 2.05) is 48.5 Å². The van der Waals surface area contributed by atoms with Gasteiger partial charge >= 0.3 is 0 Å². The van der Waals surface area contributed by atoms with Gasteiger partial charge in [-0.05, 0) is 43.2 Å². The highest BCUT2D eigenvalue weighted by Gasteiger charge is 2.14. The Hall–Kier alpha value is -2.52. The summed E-state index contributed by atoms with van der Waals surface area (Å²) in [6, 6.07) is 21.2. The third kappa shape index (κ3) is 3.77. The summed E-state index contributed by atoms with van der Waals surface area (Å²) >= 11 is 1.67. The Bertz CT molecular complexity index is 881. The third-order valence-electron chi connectivity index (χ3n) is 4.08. The van der Waals surface area contributed by atoms with E-state index in [1.165, 1.54) is 16.0 Å². The van der Waals surface area contributed by atoms with E-state index < -0.39 is 0 Å². The molecule has 25 heavy (non-hydrogen) atoms. The van der Waals surface area contributed by atoms with Gasteiger partial charge in [0.1, 0.15) is 5.75 Å². The fraction of sp³-hybridized carbons (Fsp3) is 0.136. The van der Waals surface area contributed by atoms with Crippen molar-refractivity contribution in [2.75, 3.05) is 7.11 Å². The first-order valence-corrected chi connectivity index (χ1v) is 8.93. The smallest absolute Gasteiger partial charge is 0.193 e. The van der Waals surface area contributed by atoms with Crippen molar-refractivity contribution in [1.82, 2.24) is 0 Å². The van der Waals surface area contributed by atoms with Crippen LogP contribution < -0.4 is 4.74 Å².